The molecule has 0 saturated carbocycles. The summed E-state index contributed by atoms with van der Waals surface area (Å²) in [5, 5.41) is 8.99. The minimum Gasteiger partial charge on any atom is -0.462 e. The number of hydrogen-bond donors (Lipinski definition) is 0. The van der Waals surface area contributed by atoms with Gasteiger partial charge in [-0.3, -0.25) is 0 Å². The van der Waals surface area contributed by atoms with Gasteiger partial charge in [-0.1, -0.05) is 18.2 Å². The highest BCUT2D eigenvalue weighted by atomic mass is 16.5. The predicted octanol–water partition coefficient (Wildman–Crippen LogP) is 2.02. The van der Waals surface area contributed by atoms with Crippen LogP contribution in [0.25, 0.3) is 0 Å². The highest BCUT2D eigenvalue weighted by molar-refractivity contribution is 5.93. The standard InChI is InChI=1S/C14H14N2O2/c1-2-18-14(17)12(9-15)10-16-8-7-11-5-3-4-6-13(11)16/h3-6,10H,2,7-8H2,1H3/b12-10+. The lowest BCUT2D eigenvalue weighted by molar-refractivity contribution is -0.138. The minimum absolute atomic E-state index is 0.0357. The molecule has 0 aromatic heterocycles. The predicted molar refractivity (Wildman–Crippen MR) is 67.8 cm³/mol. The van der Waals surface area contributed by atoms with E-state index in [4.69, 9.17) is 10.00 Å². The van der Waals surface area contributed by atoms with Crippen molar-refractivity contribution in [3.63, 3.8) is 0 Å². The maximum Gasteiger partial charge on any atom is 0.350 e. The van der Waals surface area contributed by atoms with Crippen LogP contribution < -0.4 is 4.90 Å². The van der Waals surface area contributed by atoms with E-state index in [9.17, 15) is 4.79 Å². The van der Waals surface area contributed by atoms with Crippen molar-refractivity contribution in [3.05, 3.63) is 41.6 Å². The zero-order chi connectivity index (χ0) is 13.0. The summed E-state index contributed by atoms with van der Waals surface area (Å²) in [5.41, 5.74) is 2.32. The third-order valence-electron chi connectivity index (χ3n) is 2.82. The van der Waals surface area contributed by atoms with Gasteiger partial charge in [-0.15, -0.1) is 0 Å². The lowest BCUT2D eigenvalue weighted by Gasteiger charge is -2.14. The molecule has 92 valence electrons. The molecule has 0 bridgehead atoms. The number of esters is 1. The van der Waals surface area contributed by atoms with Crippen LogP contribution in [0.3, 0.4) is 0 Å². The fourth-order valence-corrected chi connectivity index (χ4v) is 1.99. The molecule has 1 aliphatic rings. The first-order valence-electron chi connectivity index (χ1n) is 5.90. The molecule has 0 aliphatic carbocycles. The van der Waals surface area contributed by atoms with Crippen molar-refractivity contribution < 1.29 is 9.53 Å². The van der Waals surface area contributed by atoms with Gasteiger partial charge in [0, 0.05) is 18.4 Å². The number of ether oxygens (including phenoxy) is 1. The van der Waals surface area contributed by atoms with Crippen LogP contribution in [0, 0.1) is 11.3 Å². The normalized spacial score (nSPS) is 14.0. The first-order chi connectivity index (χ1) is 8.76. The van der Waals surface area contributed by atoms with E-state index in [1.165, 1.54) is 5.56 Å². The van der Waals surface area contributed by atoms with Gasteiger partial charge in [0.2, 0.25) is 0 Å². The maximum atomic E-state index is 11.5. The number of fused-ring (bicyclic) bond motifs is 1. The fourth-order valence-electron chi connectivity index (χ4n) is 1.99. The molecule has 0 fully saturated rings. The molecule has 0 radical (unpaired) electrons. The van der Waals surface area contributed by atoms with Crippen molar-refractivity contribution in [2.24, 2.45) is 0 Å². The lowest BCUT2D eigenvalue weighted by Crippen LogP contribution is -2.16. The molecular formula is C14H14N2O2. The third-order valence-corrected chi connectivity index (χ3v) is 2.82. The Morgan fingerprint density at radius 3 is 3.06 bits per heavy atom. The van der Waals surface area contributed by atoms with Crippen LogP contribution >= 0.6 is 0 Å². The van der Waals surface area contributed by atoms with Crippen LogP contribution in [0.1, 0.15) is 12.5 Å². The Hall–Kier alpha value is -2.28. The van der Waals surface area contributed by atoms with Crippen LogP contribution in [-0.2, 0) is 16.0 Å². The van der Waals surface area contributed by atoms with Crippen LogP contribution in [0.15, 0.2) is 36.0 Å². The summed E-state index contributed by atoms with van der Waals surface area (Å²) in [6.45, 7) is 2.77. The number of nitriles is 1. The average Bonchev–Trinajstić information content (AvgIpc) is 2.79. The summed E-state index contributed by atoms with van der Waals surface area (Å²) in [6, 6.07) is 9.86. The number of nitrogens with zero attached hydrogens (tertiary/aromatic N) is 2. The Balaban J connectivity index is 2.24. The van der Waals surface area contributed by atoms with Crippen molar-refractivity contribution in [2.75, 3.05) is 18.1 Å². The molecule has 4 heteroatoms. The van der Waals surface area contributed by atoms with Crippen LogP contribution in [0.4, 0.5) is 5.69 Å². The second-order valence-electron chi connectivity index (χ2n) is 3.95. The summed E-state index contributed by atoms with van der Waals surface area (Å²) < 4.78 is 4.84. The number of carbonyl (C=O) groups excluding carboxylic acids is 1. The number of rotatable bonds is 3. The van der Waals surface area contributed by atoms with Crippen molar-refractivity contribution in [1.29, 1.82) is 5.26 Å². The molecule has 18 heavy (non-hydrogen) atoms. The fraction of sp³-hybridized carbons (Fsp3) is 0.286. The smallest absolute Gasteiger partial charge is 0.350 e. The molecular weight excluding hydrogens is 228 g/mol. The Kier molecular flexibility index (Phi) is 3.63. The van der Waals surface area contributed by atoms with E-state index in [2.05, 4.69) is 6.07 Å². The van der Waals surface area contributed by atoms with E-state index in [-0.39, 0.29) is 12.2 Å². The van der Waals surface area contributed by atoms with E-state index < -0.39 is 5.97 Å². The van der Waals surface area contributed by atoms with Crippen LogP contribution in [-0.4, -0.2) is 19.1 Å². The molecule has 1 aromatic rings. The van der Waals surface area contributed by atoms with E-state index in [0.717, 1.165) is 18.7 Å². The highest BCUT2D eigenvalue weighted by Gasteiger charge is 2.19. The number of carbonyl (C=O) groups is 1. The summed E-state index contributed by atoms with van der Waals surface area (Å²) in [5.74, 6) is -0.565. The molecule has 0 spiro atoms. The highest BCUT2D eigenvalue weighted by Crippen LogP contribution is 2.28. The van der Waals surface area contributed by atoms with Gasteiger partial charge >= 0.3 is 5.97 Å². The number of hydrogen-bond acceptors (Lipinski definition) is 4. The van der Waals surface area contributed by atoms with Crippen molar-refractivity contribution in [2.45, 2.75) is 13.3 Å². The molecule has 0 unspecified atom stereocenters. The Morgan fingerprint density at radius 1 is 1.56 bits per heavy atom. The second-order valence-corrected chi connectivity index (χ2v) is 3.95. The van der Waals surface area contributed by atoms with Gasteiger partial charge in [0.05, 0.1) is 6.61 Å². The molecule has 1 aliphatic heterocycles. The van der Waals surface area contributed by atoms with Crippen molar-refractivity contribution >= 4 is 11.7 Å². The maximum absolute atomic E-state index is 11.5. The largest absolute Gasteiger partial charge is 0.462 e. The monoisotopic (exact) mass is 242 g/mol. The van der Waals surface area contributed by atoms with E-state index in [1.54, 1.807) is 13.1 Å². The Bertz CT molecular complexity index is 529. The van der Waals surface area contributed by atoms with Gasteiger partial charge in [-0.25, -0.2) is 4.79 Å². The van der Waals surface area contributed by atoms with Gasteiger partial charge in [0.15, 0.2) is 5.57 Å². The molecule has 1 heterocycles. The molecule has 2 rings (SSSR count). The van der Waals surface area contributed by atoms with Crippen molar-refractivity contribution in [1.82, 2.24) is 0 Å². The van der Waals surface area contributed by atoms with Crippen LogP contribution in [0.5, 0.6) is 0 Å². The SMILES string of the molecule is CCOC(=O)/C(C#N)=C/N1CCc2ccccc21. The van der Waals surface area contributed by atoms with Crippen molar-refractivity contribution in [3.8, 4) is 6.07 Å². The van der Waals surface area contributed by atoms with Gasteiger partial charge in [-0.2, -0.15) is 5.26 Å². The van der Waals surface area contributed by atoms with E-state index in [1.807, 2.05) is 29.2 Å². The summed E-state index contributed by atoms with van der Waals surface area (Å²) in [7, 11) is 0. The topological polar surface area (TPSA) is 53.3 Å². The number of benzene rings is 1. The molecule has 0 atom stereocenters. The van der Waals surface area contributed by atoms with Gasteiger partial charge < -0.3 is 9.64 Å². The molecule has 1 aromatic carbocycles. The molecule has 0 amide bonds. The van der Waals surface area contributed by atoms with Crippen LogP contribution in [0.2, 0.25) is 0 Å². The van der Waals surface area contributed by atoms with E-state index in [0.29, 0.717) is 0 Å². The number of para-hydroxylation sites is 1. The third kappa shape index (κ3) is 2.35. The van der Waals surface area contributed by atoms with Gasteiger partial charge in [-0.05, 0) is 25.0 Å². The summed E-state index contributed by atoms with van der Waals surface area (Å²) >= 11 is 0. The second kappa shape index (κ2) is 5.37. The number of anilines is 1. The average molecular weight is 242 g/mol. The zero-order valence-electron chi connectivity index (χ0n) is 10.2. The first-order valence-corrected chi connectivity index (χ1v) is 5.90. The Morgan fingerprint density at radius 2 is 2.33 bits per heavy atom. The minimum atomic E-state index is -0.565. The zero-order valence-corrected chi connectivity index (χ0v) is 10.2. The molecule has 0 N–H and O–H groups in total. The van der Waals surface area contributed by atoms with Gasteiger partial charge in [0.25, 0.3) is 0 Å². The summed E-state index contributed by atoms with van der Waals surface area (Å²) in [4.78, 5) is 13.5. The molecule has 4 nitrogen and oxygen atoms in total. The lowest BCUT2D eigenvalue weighted by atomic mass is 10.2. The quantitative estimate of drug-likeness (QED) is 0.462. The van der Waals surface area contributed by atoms with Gasteiger partial charge in [0.1, 0.15) is 6.07 Å². The summed E-state index contributed by atoms with van der Waals surface area (Å²) in [6.07, 6.45) is 2.50. The van der Waals surface area contributed by atoms with E-state index >= 15 is 0 Å². The first kappa shape index (κ1) is 12.2. The molecule has 0 saturated heterocycles. The Labute approximate surface area is 106 Å².